The summed E-state index contributed by atoms with van der Waals surface area (Å²) in [5.41, 5.74) is 3.68. The quantitative estimate of drug-likeness (QED) is 0.546. The van der Waals surface area contributed by atoms with Crippen molar-refractivity contribution in [3.8, 4) is 11.1 Å². The third kappa shape index (κ3) is 4.41. The van der Waals surface area contributed by atoms with Crippen molar-refractivity contribution < 1.29 is 9.53 Å². The zero-order chi connectivity index (χ0) is 18.2. The molecule has 0 aliphatic carbocycles. The Hall–Kier alpha value is -2.85. The number of carbonyl (C=O) groups excluding carboxylic acids is 1. The van der Waals surface area contributed by atoms with Gasteiger partial charge in [-0.25, -0.2) is 4.79 Å². The maximum atomic E-state index is 12.5. The fraction of sp³-hybridized carbons (Fsp3) is 0.136. The Balaban J connectivity index is 1.79. The number of ether oxygens (including phenoxy) is 1. The standard InChI is InChI=1S/C22H21NO2S/c1-2-25-22(24)20-19(18-13-7-4-8-14-18)16-26-21(20)23-15-9-12-17-10-5-3-6-11-17/h3-14,16,23H,2,15H2,1H3/b12-9+. The Morgan fingerprint density at radius 3 is 2.46 bits per heavy atom. The Bertz CT molecular complexity index is 870. The highest BCUT2D eigenvalue weighted by molar-refractivity contribution is 7.15. The lowest BCUT2D eigenvalue weighted by Crippen LogP contribution is -2.09. The number of rotatable bonds is 7. The van der Waals surface area contributed by atoms with Gasteiger partial charge in [0.15, 0.2) is 0 Å². The molecule has 1 aromatic heterocycles. The van der Waals surface area contributed by atoms with E-state index in [1.807, 2.05) is 66.9 Å². The van der Waals surface area contributed by atoms with Crippen molar-refractivity contribution >= 4 is 28.4 Å². The summed E-state index contributed by atoms with van der Waals surface area (Å²) in [5.74, 6) is -0.290. The maximum absolute atomic E-state index is 12.5. The Morgan fingerprint density at radius 1 is 1.08 bits per heavy atom. The minimum absolute atomic E-state index is 0.290. The van der Waals surface area contributed by atoms with Gasteiger partial charge < -0.3 is 10.1 Å². The second-order valence-electron chi connectivity index (χ2n) is 5.63. The third-order valence-electron chi connectivity index (χ3n) is 3.85. The molecule has 132 valence electrons. The highest BCUT2D eigenvalue weighted by Gasteiger charge is 2.20. The maximum Gasteiger partial charge on any atom is 0.341 e. The predicted octanol–water partition coefficient (Wildman–Crippen LogP) is 5.72. The van der Waals surface area contributed by atoms with Gasteiger partial charge in [-0.3, -0.25) is 0 Å². The van der Waals surface area contributed by atoms with Crippen LogP contribution in [0.2, 0.25) is 0 Å². The number of esters is 1. The van der Waals surface area contributed by atoms with E-state index in [4.69, 9.17) is 4.74 Å². The molecule has 0 atom stereocenters. The van der Waals surface area contributed by atoms with E-state index in [0.29, 0.717) is 18.7 Å². The third-order valence-corrected chi connectivity index (χ3v) is 4.78. The zero-order valence-electron chi connectivity index (χ0n) is 14.6. The van der Waals surface area contributed by atoms with Crippen molar-refractivity contribution in [2.24, 2.45) is 0 Å². The lowest BCUT2D eigenvalue weighted by atomic mass is 10.0. The van der Waals surface area contributed by atoms with Crippen LogP contribution in [0, 0.1) is 0 Å². The van der Waals surface area contributed by atoms with Crippen molar-refractivity contribution in [3.63, 3.8) is 0 Å². The number of nitrogens with one attached hydrogen (secondary N) is 1. The van der Waals surface area contributed by atoms with E-state index in [1.54, 1.807) is 0 Å². The van der Waals surface area contributed by atoms with Crippen molar-refractivity contribution in [2.75, 3.05) is 18.5 Å². The molecular formula is C22H21NO2S. The second kappa shape index (κ2) is 9.02. The number of hydrogen-bond donors (Lipinski definition) is 1. The van der Waals surface area contributed by atoms with Gasteiger partial charge in [0.2, 0.25) is 0 Å². The highest BCUT2D eigenvalue weighted by Crippen LogP contribution is 2.36. The van der Waals surface area contributed by atoms with Crippen molar-refractivity contribution in [1.82, 2.24) is 0 Å². The molecule has 2 aromatic carbocycles. The van der Waals surface area contributed by atoms with Gasteiger partial charge >= 0.3 is 5.97 Å². The van der Waals surface area contributed by atoms with Crippen LogP contribution >= 0.6 is 11.3 Å². The fourth-order valence-corrected chi connectivity index (χ4v) is 3.60. The summed E-state index contributed by atoms with van der Waals surface area (Å²) in [7, 11) is 0. The van der Waals surface area contributed by atoms with Crippen molar-refractivity contribution in [1.29, 1.82) is 0 Å². The Labute approximate surface area is 158 Å². The lowest BCUT2D eigenvalue weighted by Gasteiger charge is -2.08. The first-order valence-corrected chi connectivity index (χ1v) is 9.47. The molecule has 3 nitrogen and oxygen atoms in total. The van der Waals surface area contributed by atoms with Crippen LogP contribution in [0.1, 0.15) is 22.8 Å². The van der Waals surface area contributed by atoms with E-state index >= 15 is 0 Å². The van der Waals surface area contributed by atoms with E-state index in [1.165, 1.54) is 11.3 Å². The topological polar surface area (TPSA) is 38.3 Å². The van der Waals surface area contributed by atoms with Crippen molar-refractivity contribution in [2.45, 2.75) is 6.92 Å². The number of hydrogen-bond acceptors (Lipinski definition) is 4. The Kier molecular flexibility index (Phi) is 6.23. The molecule has 0 aliphatic rings. The summed E-state index contributed by atoms with van der Waals surface area (Å²) >= 11 is 1.53. The first kappa shape index (κ1) is 18.0. The molecule has 0 radical (unpaired) electrons. The van der Waals surface area contributed by atoms with E-state index in [9.17, 15) is 4.79 Å². The van der Waals surface area contributed by atoms with E-state index in [2.05, 4.69) is 23.5 Å². The summed E-state index contributed by atoms with van der Waals surface area (Å²) in [6, 6.07) is 20.0. The average Bonchev–Trinajstić information content (AvgIpc) is 3.11. The number of carbonyl (C=O) groups is 1. The molecule has 3 aromatic rings. The van der Waals surface area contributed by atoms with Gasteiger partial charge in [-0.15, -0.1) is 11.3 Å². The first-order chi connectivity index (χ1) is 12.8. The van der Waals surface area contributed by atoms with Crippen LogP contribution in [0.15, 0.2) is 72.1 Å². The van der Waals surface area contributed by atoms with Crippen molar-refractivity contribution in [3.05, 3.63) is 83.2 Å². The minimum Gasteiger partial charge on any atom is -0.462 e. The number of benzene rings is 2. The fourth-order valence-electron chi connectivity index (χ4n) is 2.63. The lowest BCUT2D eigenvalue weighted by molar-refractivity contribution is 0.0529. The molecule has 0 saturated heterocycles. The zero-order valence-corrected chi connectivity index (χ0v) is 15.5. The monoisotopic (exact) mass is 363 g/mol. The molecule has 0 amide bonds. The van der Waals surface area contributed by atoms with Crippen LogP contribution in [-0.4, -0.2) is 19.1 Å². The molecule has 0 aliphatic heterocycles. The van der Waals surface area contributed by atoms with Crippen LogP contribution in [-0.2, 0) is 4.74 Å². The van der Waals surface area contributed by atoms with E-state index in [0.717, 1.165) is 21.7 Å². The summed E-state index contributed by atoms with van der Waals surface area (Å²) in [6.45, 7) is 2.81. The number of thiophene rings is 1. The molecule has 0 fully saturated rings. The summed E-state index contributed by atoms with van der Waals surface area (Å²) in [5, 5.41) is 6.18. The normalized spacial score (nSPS) is 10.8. The first-order valence-electron chi connectivity index (χ1n) is 8.59. The summed E-state index contributed by atoms with van der Waals surface area (Å²) < 4.78 is 5.27. The van der Waals surface area contributed by atoms with Crippen LogP contribution < -0.4 is 5.32 Å². The molecule has 1 heterocycles. The molecule has 1 N–H and O–H groups in total. The Morgan fingerprint density at radius 2 is 1.77 bits per heavy atom. The van der Waals surface area contributed by atoms with Crippen LogP contribution in [0.4, 0.5) is 5.00 Å². The smallest absolute Gasteiger partial charge is 0.341 e. The van der Waals surface area contributed by atoms with E-state index in [-0.39, 0.29) is 5.97 Å². The molecule has 4 heteroatoms. The largest absolute Gasteiger partial charge is 0.462 e. The van der Waals surface area contributed by atoms with Gasteiger partial charge in [0, 0.05) is 17.5 Å². The van der Waals surface area contributed by atoms with Crippen LogP contribution in [0.25, 0.3) is 17.2 Å². The average molecular weight is 363 g/mol. The molecule has 0 bridgehead atoms. The van der Waals surface area contributed by atoms with Gasteiger partial charge in [-0.1, -0.05) is 72.8 Å². The van der Waals surface area contributed by atoms with Gasteiger partial charge in [-0.05, 0) is 18.1 Å². The van der Waals surface area contributed by atoms with Crippen LogP contribution in [0.3, 0.4) is 0 Å². The van der Waals surface area contributed by atoms with E-state index < -0.39 is 0 Å². The van der Waals surface area contributed by atoms with Gasteiger partial charge in [0.1, 0.15) is 10.6 Å². The predicted molar refractivity (Wildman–Crippen MR) is 110 cm³/mol. The molecule has 0 unspecified atom stereocenters. The summed E-state index contributed by atoms with van der Waals surface area (Å²) in [6.07, 6.45) is 4.11. The molecule has 0 saturated carbocycles. The van der Waals surface area contributed by atoms with Crippen LogP contribution in [0.5, 0.6) is 0 Å². The van der Waals surface area contributed by atoms with Gasteiger partial charge in [0.05, 0.1) is 6.61 Å². The SMILES string of the molecule is CCOC(=O)c1c(-c2ccccc2)csc1NC/C=C/c1ccccc1. The summed E-state index contributed by atoms with van der Waals surface area (Å²) in [4.78, 5) is 12.5. The van der Waals surface area contributed by atoms with Gasteiger partial charge in [0.25, 0.3) is 0 Å². The minimum atomic E-state index is -0.290. The molecule has 26 heavy (non-hydrogen) atoms. The number of anilines is 1. The second-order valence-corrected chi connectivity index (χ2v) is 6.51. The molecular weight excluding hydrogens is 342 g/mol. The molecule has 3 rings (SSSR count). The molecule has 0 spiro atoms. The van der Waals surface area contributed by atoms with Gasteiger partial charge in [-0.2, -0.15) is 0 Å². The highest BCUT2D eigenvalue weighted by atomic mass is 32.1.